The first-order valence-electron chi connectivity index (χ1n) is 6.79. The monoisotopic (exact) mass is 277 g/mol. The lowest BCUT2D eigenvalue weighted by atomic mass is 10.2. The van der Waals surface area contributed by atoms with Crippen molar-refractivity contribution in [2.45, 2.75) is 20.0 Å². The number of rotatable bonds is 3. The van der Waals surface area contributed by atoms with Crippen molar-refractivity contribution < 1.29 is 4.74 Å². The van der Waals surface area contributed by atoms with Crippen molar-refractivity contribution in [3.8, 4) is 11.4 Å². The van der Waals surface area contributed by atoms with E-state index in [1.165, 1.54) is 0 Å². The second kappa shape index (κ2) is 5.29. The normalized spacial score (nSPS) is 10.8. The van der Waals surface area contributed by atoms with Crippen LogP contribution in [0.2, 0.25) is 0 Å². The Morgan fingerprint density at radius 1 is 1.14 bits per heavy atom. The van der Waals surface area contributed by atoms with Crippen molar-refractivity contribution in [1.29, 1.82) is 0 Å². The predicted octanol–water partition coefficient (Wildman–Crippen LogP) is 4.36. The highest BCUT2D eigenvalue weighted by Gasteiger charge is 2.06. The first-order valence-corrected chi connectivity index (χ1v) is 6.79. The van der Waals surface area contributed by atoms with E-state index in [1.54, 1.807) is 12.4 Å². The lowest BCUT2D eigenvalue weighted by Gasteiger charge is -2.10. The first kappa shape index (κ1) is 13.2. The van der Waals surface area contributed by atoms with E-state index in [4.69, 9.17) is 11.3 Å². The zero-order valence-corrected chi connectivity index (χ0v) is 11.9. The number of imidazole rings is 1. The molecule has 0 fully saturated rings. The van der Waals surface area contributed by atoms with Gasteiger partial charge in [0.05, 0.1) is 23.7 Å². The van der Waals surface area contributed by atoms with Crippen LogP contribution in [0.1, 0.15) is 13.8 Å². The fourth-order valence-electron chi connectivity index (χ4n) is 2.23. The van der Waals surface area contributed by atoms with Gasteiger partial charge in [0.2, 0.25) is 0 Å². The number of aromatic nitrogens is 2. The van der Waals surface area contributed by atoms with Gasteiger partial charge >= 0.3 is 0 Å². The van der Waals surface area contributed by atoms with Crippen LogP contribution in [0.5, 0.6) is 5.75 Å². The molecule has 0 spiro atoms. The standard InChI is InChI=1S/C17H15N3O/c1-12(2)21-15-7-5-14(6-8-15)20-11-19-16-10-13(18-3)4-9-17(16)20/h4-12H,1-2H3. The Bertz CT molecular complexity index is 810. The van der Waals surface area contributed by atoms with E-state index in [0.29, 0.717) is 5.69 Å². The molecule has 0 atom stereocenters. The molecule has 2 aromatic carbocycles. The van der Waals surface area contributed by atoms with Gasteiger partial charge in [-0.15, -0.1) is 0 Å². The van der Waals surface area contributed by atoms with Crippen LogP contribution < -0.4 is 4.74 Å². The quantitative estimate of drug-likeness (QED) is 0.666. The lowest BCUT2D eigenvalue weighted by Crippen LogP contribution is -2.05. The average Bonchev–Trinajstić information content (AvgIpc) is 2.90. The summed E-state index contributed by atoms with van der Waals surface area (Å²) in [7, 11) is 0. The molecule has 0 aliphatic carbocycles. The molecule has 1 aromatic heterocycles. The highest BCUT2D eigenvalue weighted by atomic mass is 16.5. The average molecular weight is 277 g/mol. The van der Waals surface area contributed by atoms with Crippen LogP contribution in [-0.2, 0) is 0 Å². The molecule has 0 unspecified atom stereocenters. The number of fused-ring (bicyclic) bond motifs is 1. The summed E-state index contributed by atoms with van der Waals surface area (Å²) in [6.07, 6.45) is 1.94. The van der Waals surface area contributed by atoms with E-state index in [-0.39, 0.29) is 6.10 Å². The van der Waals surface area contributed by atoms with Crippen molar-refractivity contribution in [2.24, 2.45) is 0 Å². The van der Waals surface area contributed by atoms with E-state index < -0.39 is 0 Å². The third kappa shape index (κ3) is 2.59. The summed E-state index contributed by atoms with van der Waals surface area (Å²) in [6.45, 7) is 11.1. The van der Waals surface area contributed by atoms with Crippen molar-refractivity contribution in [3.63, 3.8) is 0 Å². The van der Waals surface area contributed by atoms with Gasteiger partial charge in [-0.3, -0.25) is 4.57 Å². The fraction of sp³-hybridized carbons (Fsp3) is 0.176. The second-order valence-corrected chi connectivity index (χ2v) is 5.06. The molecule has 0 saturated carbocycles. The topological polar surface area (TPSA) is 31.4 Å². The Hall–Kier alpha value is -2.80. The molecular weight excluding hydrogens is 262 g/mol. The van der Waals surface area contributed by atoms with Crippen LogP contribution in [0, 0.1) is 6.57 Å². The molecular formula is C17H15N3O. The fourth-order valence-corrected chi connectivity index (χ4v) is 2.23. The first-order chi connectivity index (χ1) is 10.2. The highest BCUT2D eigenvalue weighted by molar-refractivity contribution is 5.81. The predicted molar refractivity (Wildman–Crippen MR) is 83.1 cm³/mol. The number of nitrogens with zero attached hydrogens (tertiary/aromatic N) is 3. The molecule has 4 heteroatoms. The largest absolute Gasteiger partial charge is 0.491 e. The van der Waals surface area contributed by atoms with Gasteiger partial charge in [-0.2, -0.15) is 0 Å². The van der Waals surface area contributed by atoms with Crippen LogP contribution >= 0.6 is 0 Å². The van der Waals surface area contributed by atoms with E-state index in [9.17, 15) is 0 Å². The minimum Gasteiger partial charge on any atom is -0.491 e. The molecule has 21 heavy (non-hydrogen) atoms. The number of benzene rings is 2. The maximum atomic E-state index is 7.05. The molecule has 1 heterocycles. The van der Waals surface area contributed by atoms with Crippen molar-refractivity contribution in [3.05, 3.63) is 60.2 Å². The second-order valence-electron chi connectivity index (χ2n) is 5.06. The molecule has 0 N–H and O–H groups in total. The van der Waals surface area contributed by atoms with Gasteiger partial charge in [-0.1, -0.05) is 6.07 Å². The molecule has 0 aliphatic rings. The molecule has 0 saturated heterocycles. The SMILES string of the molecule is [C-]#[N+]c1ccc2c(c1)ncn2-c1ccc(OC(C)C)cc1. The van der Waals surface area contributed by atoms with E-state index in [1.807, 2.05) is 54.8 Å². The van der Waals surface area contributed by atoms with Crippen LogP contribution in [0.25, 0.3) is 21.6 Å². The molecule has 3 aromatic rings. The summed E-state index contributed by atoms with van der Waals surface area (Å²) in [5, 5.41) is 0. The minimum absolute atomic E-state index is 0.164. The maximum Gasteiger partial charge on any atom is 0.189 e. The maximum absolute atomic E-state index is 7.05. The van der Waals surface area contributed by atoms with E-state index >= 15 is 0 Å². The van der Waals surface area contributed by atoms with Gasteiger partial charge < -0.3 is 4.74 Å². The summed E-state index contributed by atoms with van der Waals surface area (Å²) in [4.78, 5) is 7.79. The van der Waals surface area contributed by atoms with Gasteiger partial charge in [-0.25, -0.2) is 9.83 Å². The zero-order chi connectivity index (χ0) is 14.8. The highest BCUT2D eigenvalue weighted by Crippen LogP contribution is 2.24. The zero-order valence-electron chi connectivity index (χ0n) is 11.9. The van der Waals surface area contributed by atoms with Crippen molar-refractivity contribution in [1.82, 2.24) is 9.55 Å². The number of hydrogen-bond acceptors (Lipinski definition) is 2. The smallest absolute Gasteiger partial charge is 0.189 e. The van der Waals surface area contributed by atoms with E-state index in [0.717, 1.165) is 22.5 Å². The molecule has 0 bridgehead atoms. The van der Waals surface area contributed by atoms with E-state index in [2.05, 4.69) is 9.83 Å². The molecule has 3 rings (SSSR count). The van der Waals surface area contributed by atoms with Crippen LogP contribution in [0.4, 0.5) is 5.69 Å². The van der Waals surface area contributed by atoms with Gasteiger partial charge in [0, 0.05) is 5.69 Å². The Morgan fingerprint density at radius 3 is 2.57 bits per heavy atom. The summed E-state index contributed by atoms with van der Waals surface area (Å²) in [6, 6.07) is 13.4. The molecule has 0 amide bonds. The Balaban J connectivity index is 1.99. The Kier molecular flexibility index (Phi) is 3.33. The van der Waals surface area contributed by atoms with Crippen LogP contribution in [0.15, 0.2) is 48.8 Å². The van der Waals surface area contributed by atoms with Gasteiger partial charge in [0.25, 0.3) is 0 Å². The molecule has 4 nitrogen and oxygen atoms in total. The minimum atomic E-state index is 0.164. The Morgan fingerprint density at radius 2 is 1.90 bits per heavy atom. The van der Waals surface area contributed by atoms with Crippen LogP contribution in [0.3, 0.4) is 0 Å². The summed E-state index contributed by atoms with van der Waals surface area (Å²) >= 11 is 0. The van der Waals surface area contributed by atoms with Gasteiger partial charge in [-0.05, 0) is 50.2 Å². The van der Waals surface area contributed by atoms with Gasteiger partial charge in [0.1, 0.15) is 12.1 Å². The summed E-state index contributed by atoms with van der Waals surface area (Å²) in [5.41, 5.74) is 3.43. The summed E-state index contributed by atoms with van der Waals surface area (Å²) in [5.74, 6) is 0.855. The van der Waals surface area contributed by atoms with Crippen LogP contribution in [-0.4, -0.2) is 15.7 Å². The van der Waals surface area contributed by atoms with Crippen molar-refractivity contribution in [2.75, 3.05) is 0 Å². The number of ether oxygens (including phenoxy) is 1. The Labute approximate surface area is 123 Å². The van der Waals surface area contributed by atoms with Gasteiger partial charge in [0.15, 0.2) is 5.69 Å². The molecule has 0 radical (unpaired) electrons. The lowest BCUT2D eigenvalue weighted by molar-refractivity contribution is 0.242. The van der Waals surface area contributed by atoms with Crippen molar-refractivity contribution >= 4 is 16.7 Å². The third-order valence-electron chi connectivity index (χ3n) is 3.15. The molecule has 104 valence electrons. The number of hydrogen-bond donors (Lipinski definition) is 0. The third-order valence-corrected chi connectivity index (χ3v) is 3.15. The summed E-state index contributed by atoms with van der Waals surface area (Å²) < 4.78 is 7.65. The molecule has 0 aliphatic heterocycles.